The Hall–Kier alpha value is -3.59. The van der Waals surface area contributed by atoms with Crippen LogP contribution >= 0.6 is 0 Å². The fourth-order valence-electron chi connectivity index (χ4n) is 3.49. The van der Waals surface area contributed by atoms with Crippen LogP contribution in [0.1, 0.15) is 61.1 Å². The summed E-state index contributed by atoms with van der Waals surface area (Å²) in [7, 11) is 0. The van der Waals surface area contributed by atoms with Crippen LogP contribution in [0.4, 0.5) is 4.39 Å². The molecule has 1 fully saturated rings. The van der Waals surface area contributed by atoms with Crippen LogP contribution in [0.3, 0.4) is 0 Å². The Morgan fingerprint density at radius 2 is 1.59 bits per heavy atom. The SMILES string of the molecule is CCC(=O)OCn1c(=O)ccn([C@@H]2O[C@](F)(COC(=O)[C@@H](N)C(C)C)[C@@H](OC(=O)C(C)C)[C@H]2OC(=O)C(C)C)c1=O. The van der Waals surface area contributed by atoms with Crippen molar-refractivity contribution in [2.24, 2.45) is 23.5 Å². The molecule has 0 radical (unpaired) electrons. The molecule has 0 unspecified atom stereocenters. The number of esters is 4. The average molecular weight is 588 g/mol. The normalized spacial score (nSPS) is 23.0. The van der Waals surface area contributed by atoms with Crippen molar-refractivity contribution in [1.82, 2.24) is 9.13 Å². The first-order valence-electron chi connectivity index (χ1n) is 13.2. The molecular weight excluding hydrogens is 549 g/mol. The molecule has 0 amide bonds. The zero-order chi connectivity index (χ0) is 31.2. The molecule has 1 aromatic rings. The van der Waals surface area contributed by atoms with Gasteiger partial charge in [0.05, 0.1) is 11.8 Å². The number of carbonyl (C=O) groups is 4. The Labute approximate surface area is 235 Å². The molecule has 0 saturated carbocycles. The Kier molecular flexibility index (Phi) is 11.4. The molecular formula is C26H38FN3O11. The van der Waals surface area contributed by atoms with Gasteiger partial charge >= 0.3 is 29.6 Å². The van der Waals surface area contributed by atoms with Crippen LogP contribution in [0.15, 0.2) is 21.9 Å². The molecule has 15 heteroatoms. The van der Waals surface area contributed by atoms with E-state index in [1.54, 1.807) is 13.8 Å². The van der Waals surface area contributed by atoms with E-state index >= 15 is 4.39 Å². The van der Waals surface area contributed by atoms with E-state index in [0.717, 1.165) is 16.8 Å². The molecule has 2 rings (SSSR count). The maximum atomic E-state index is 16.6. The first kappa shape index (κ1) is 33.6. The topological polar surface area (TPSA) is 184 Å². The van der Waals surface area contributed by atoms with Gasteiger partial charge in [0.25, 0.3) is 11.4 Å². The van der Waals surface area contributed by atoms with Gasteiger partial charge in [0.2, 0.25) is 6.10 Å². The molecule has 0 bridgehead atoms. The average Bonchev–Trinajstić information content (AvgIpc) is 3.17. The van der Waals surface area contributed by atoms with E-state index in [1.165, 1.54) is 34.6 Å². The predicted molar refractivity (Wildman–Crippen MR) is 139 cm³/mol. The summed E-state index contributed by atoms with van der Waals surface area (Å²) in [6.07, 6.45) is -4.68. The highest BCUT2D eigenvalue weighted by molar-refractivity contribution is 5.76. The minimum absolute atomic E-state index is 0.0266. The number of carbonyl (C=O) groups excluding carboxylic acids is 4. The summed E-state index contributed by atoms with van der Waals surface area (Å²) >= 11 is 0. The predicted octanol–water partition coefficient (Wildman–Crippen LogP) is 0.777. The molecule has 1 aromatic heterocycles. The molecule has 5 atom stereocenters. The highest BCUT2D eigenvalue weighted by Crippen LogP contribution is 2.42. The molecule has 14 nitrogen and oxygen atoms in total. The van der Waals surface area contributed by atoms with E-state index in [1.807, 2.05) is 0 Å². The second-order valence-electron chi connectivity index (χ2n) is 10.5. The van der Waals surface area contributed by atoms with Gasteiger partial charge in [-0.3, -0.25) is 28.5 Å². The highest BCUT2D eigenvalue weighted by Gasteiger charge is 2.62. The third-order valence-corrected chi connectivity index (χ3v) is 6.17. The van der Waals surface area contributed by atoms with E-state index < -0.39 is 90.6 Å². The van der Waals surface area contributed by atoms with Crippen molar-refractivity contribution in [2.75, 3.05) is 6.61 Å². The van der Waals surface area contributed by atoms with E-state index in [0.29, 0.717) is 4.57 Å². The van der Waals surface area contributed by atoms with Gasteiger partial charge in [-0.05, 0) is 5.92 Å². The van der Waals surface area contributed by atoms with Gasteiger partial charge in [0.15, 0.2) is 25.7 Å². The number of alkyl halides is 1. The van der Waals surface area contributed by atoms with Crippen molar-refractivity contribution in [3.8, 4) is 0 Å². The number of rotatable bonds is 12. The number of nitrogens with zero attached hydrogens (tertiary/aromatic N) is 2. The third kappa shape index (κ3) is 8.00. The minimum atomic E-state index is -3.13. The van der Waals surface area contributed by atoms with E-state index in [-0.39, 0.29) is 12.3 Å². The number of hydrogen-bond donors (Lipinski definition) is 1. The molecule has 2 heterocycles. The summed E-state index contributed by atoms with van der Waals surface area (Å²) in [6.45, 7) is 8.84. The van der Waals surface area contributed by atoms with Crippen molar-refractivity contribution < 1.29 is 47.3 Å². The molecule has 41 heavy (non-hydrogen) atoms. The molecule has 1 aliphatic rings. The van der Waals surface area contributed by atoms with Gasteiger partial charge in [0.1, 0.15) is 6.04 Å². The van der Waals surface area contributed by atoms with Crippen LogP contribution in [0.25, 0.3) is 0 Å². The first-order valence-corrected chi connectivity index (χ1v) is 13.2. The van der Waals surface area contributed by atoms with Crippen LogP contribution in [0, 0.1) is 17.8 Å². The summed E-state index contributed by atoms with van der Waals surface area (Å²) in [6, 6.07) is -0.194. The van der Waals surface area contributed by atoms with E-state index in [2.05, 4.69) is 0 Å². The Morgan fingerprint density at radius 1 is 1.00 bits per heavy atom. The van der Waals surface area contributed by atoms with Crippen molar-refractivity contribution in [3.63, 3.8) is 0 Å². The second kappa shape index (κ2) is 13.9. The van der Waals surface area contributed by atoms with Gasteiger partial charge in [0, 0.05) is 18.7 Å². The van der Waals surface area contributed by atoms with Crippen LogP contribution in [-0.2, 0) is 49.6 Å². The fourth-order valence-corrected chi connectivity index (χ4v) is 3.49. The smallest absolute Gasteiger partial charge is 0.336 e. The largest absolute Gasteiger partial charge is 0.458 e. The standard InChI is InChI=1S/C26H38FN3O11/c1-8-17(32)38-12-30-16(31)9-10-29(25(30)36)21-19(39-22(33)14(4)5)20(40-23(34)15(6)7)26(27,41-21)11-37-24(35)18(28)13(2)3/h9-10,13-15,18-21H,8,11-12,28H2,1-7H3/t18-,19+,20-,21+,26+/m0/s1. The monoisotopic (exact) mass is 587 g/mol. The summed E-state index contributed by atoms with van der Waals surface area (Å²) < 4.78 is 44.2. The summed E-state index contributed by atoms with van der Waals surface area (Å²) in [5.74, 6) is -8.39. The lowest BCUT2D eigenvalue weighted by atomic mass is 10.1. The van der Waals surface area contributed by atoms with Crippen molar-refractivity contribution in [3.05, 3.63) is 33.1 Å². The Balaban J connectivity index is 2.63. The number of halogens is 1. The lowest BCUT2D eigenvalue weighted by Gasteiger charge is -2.28. The van der Waals surface area contributed by atoms with Crippen LogP contribution in [0.5, 0.6) is 0 Å². The van der Waals surface area contributed by atoms with Gasteiger partial charge in [-0.1, -0.05) is 48.5 Å². The lowest BCUT2D eigenvalue weighted by Crippen LogP contribution is -2.50. The molecule has 230 valence electrons. The van der Waals surface area contributed by atoms with Crippen molar-refractivity contribution in [1.29, 1.82) is 0 Å². The van der Waals surface area contributed by atoms with Gasteiger partial charge in [-0.15, -0.1) is 0 Å². The van der Waals surface area contributed by atoms with Gasteiger partial charge in [-0.2, -0.15) is 0 Å². The molecule has 1 aliphatic heterocycles. The Bertz CT molecular complexity index is 1240. The summed E-state index contributed by atoms with van der Waals surface area (Å²) in [4.78, 5) is 75.0. The molecule has 0 spiro atoms. The van der Waals surface area contributed by atoms with Crippen LogP contribution < -0.4 is 17.0 Å². The minimum Gasteiger partial charge on any atom is -0.458 e. The zero-order valence-corrected chi connectivity index (χ0v) is 24.2. The third-order valence-electron chi connectivity index (χ3n) is 6.17. The fraction of sp³-hybridized carbons (Fsp3) is 0.692. The molecule has 0 aromatic carbocycles. The Morgan fingerprint density at radius 3 is 2.12 bits per heavy atom. The number of ether oxygens (including phenoxy) is 5. The second-order valence-corrected chi connectivity index (χ2v) is 10.5. The zero-order valence-electron chi connectivity index (χ0n) is 24.2. The summed E-state index contributed by atoms with van der Waals surface area (Å²) in [5, 5.41) is 0. The van der Waals surface area contributed by atoms with Crippen molar-refractivity contribution in [2.45, 2.75) is 92.0 Å². The molecule has 2 N–H and O–H groups in total. The quantitative estimate of drug-likeness (QED) is 0.268. The number of hydrogen-bond acceptors (Lipinski definition) is 12. The lowest BCUT2D eigenvalue weighted by molar-refractivity contribution is -0.226. The van der Waals surface area contributed by atoms with Gasteiger partial charge in [-0.25, -0.2) is 13.8 Å². The van der Waals surface area contributed by atoms with Crippen molar-refractivity contribution >= 4 is 23.9 Å². The van der Waals surface area contributed by atoms with Crippen LogP contribution in [-0.4, -0.2) is 63.7 Å². The van der Waals surface area contributed by atoms with E-state index in [9.17, 15) is 28.8 Å². The molecule has 0 aliphatic carbocycles. The van der Waals surface area contributed by atoms with E-state index in [4.69, 9.17) is 29.4 Å². The van der Waals surface area contributed by atoms with Gasteiger partial charge < -0.3 is 29.4 Å². The highest BCUT2D eigenvalue weighted by atomic mass is 19.2. The first-order chi connectivity index (χ1) is 19.0. The number of aromatic nitrogens is 2. The van der Waals surface area contributed by atoms with Crippen LogP contribution in [0.2, 0.25) is 0 Å². The number of nitrogens with two attached hydrogens (primary N) is 1. The maximum absolute atomic E-state index is 16.6. The summed E-state index contributed by atoms with van der Waals surface area (Å²) in [5.41, 5.74) is 3.82. The molecule has 1 saturated heterocycles. The maximum Gasteiger partial charge on any atom is 0.336 e.